The van der Waals surface area contributed by atoms with E-state index in [0.717, 1.165) is 12.1 Å². The van der Waals surface area contributed by atoms with E-state index >= 15 is 0 Å². The molecule has 16 heavy (non-hydrogen) atoms. The number of hydrogen-bond acceptors (Lipinski definition) is 7. The van der Waals surface area contributed by atoms with Gasteiger partial charge in [0.15, 0.2) is 5.11 Å². The predicted molar refractivity (Wildman–Crippen MR) is 46.6 cm³/mol. The van der Waals surface area contributed by atoms with Crippen molar-refractivity contribution in [2.24, 2.45) is 5.11 Å². The summed E-state index contributed by atoms with van der Waals surface area (Å²) in [6.07, 6.45) is 0. The average molecular weight is 223 g/mol. The number of rotatable bonds is 2. The third-order valence-corrected chi connectivity index (χ3v) is 1.84. The highest BCUT2D eigenvalue weighted by molar-refractivity contribution is 5.80. The van der Waals surface area contributed by atoms with Crippen molar-refractivity contribution in [3.63, 3.8) is 0 Å². The van der Waals surface area contributed by atoms with E-state index in [1.165, 1.54) is 0 Å². The summed E-state index contributed by atoms with van der Waals surface area (Å²) in [5.41, 5.74) is 5.91. The zero-order valence-electron chi connectivity index (χ0n) is 7.52. The lowest BCUT2D eigenvalue weighted by Gasteiger charge is -1.90. The molecule has 0 spiro atoms. The molecule has 1 aromatic heterocycles. The van der Waals surface area contributed by atoms with Gasteiger partial charge in [0.25, 0.3) is 5.52 Å². The van der Waals surface area contributed by atoms with Gasteiger partial charge in [0.2, 0.25) is 16.1 Å². The molecule has 10 nitrogen and oxygen atoms in total. The van der Waals surface area contributed by atoms with E-state index in [2.05, 4.69) is 19.8 Å². The van der Waals surface area contributed by atoms with Crippen LogP contribution in [-0.2, 0) is 0 Å². The maximum atomic E-state index is 11.0. The normalized spacial score (nSPS) is 10.0. The Morgan fingerprint density at radius 2 is 2.38 bits per heavy atom. The molecular formula is C6H3N6O4+. The maximum Gasteiger partial charge on any atom is 0.307 e. The number of hydrogen-bond donors (Lipinski definition) is 1. The van der Waals surface area contributed by atoms with Gasteiger partial charge in [-0.2, -0.15) is 0 Å². The Labute approximate surface area is 86.0 Å². The van der Waals surface area contributed by atoms with Crippen LogP contribution in [0.4, 0.5) is 11.4 Å². The van der Waals surface area contributed by atoms with Crippen molar-refractivity contribution in [1.29, 1.82) is 5.53 Å². The summed E-state index contributed by atoms with van der Waals surface area (Å²) < 4.78 is 4.25. The van der Waals surface area contributed by atoms with Crippen LogP contribution in [0.25, 0.3) is 11.0 Å². The summed E-state index contributed by atoms with van der Waals surface area (Å²) >= 11 is 0. The summed E-state index contributed by atoms with van der Waals surface area (Å²) in [6, 6.07) is 2.10. The average Bonchev–Trinajstić information content (AvgIpc) is 2.60. The van der Waals surface area contributed by atoms with Crippen LogP contribution in [0.5, 0.6) is 0 Å². The lowest BCUT2D eigenvalue weighted by Crippen LogP contribution is -2.22. The molecule has 2 rings (SSSR count). The Hall–Kier alpha value is -2.87. The standard InChI is InChI=1S/C6H3N6O4/c7-10-8-3-1-6-4(9-16-12(6)15)2-5(3)11(13)14/h1-2,7H/q+1. The van der Waals surface area contributed by atoms with Crippen molar-refractivity contribution in [2.45, 2.75) is 0 Å². The minimum Gasteiger partial charge on any atom is -0.359 e. The highest BCUT2D eigenvalue weighted by atomic mass is 16.8. The summed E-state index contributed by atoms with van der Waals surface area (Å²) in [5, 5.41) is 28.2. The van der Waals surface area contributed by atoms with Gasteiger partial charge in [-0.15, -0.1) is 0 Å². The molecule has 10 heteroatoms. The number of nitrogens with zero attached hydrogens (tertiary/aromatic N) is 5. The van der Waals surface area contributed by atoms with Crippen molar-refractivity contribution in [3.05, 3.63) is 27.5 Å². The van der Waals surface area contributed by atoms with Gasteiger partial charge >= 0.3 is 5.69 Å². The summed E-state index contributed by atoms with van der Waals surface area (Å²) in [5.74, 6) is 0. The first-order valence-corrected chi connectivity index (χ1v) is 3.89. The Balaban J connectivity index is 2.82. The van der Waals surface area contributed by atoms with Crippen molar-refractivity contribution in [1.82, 2.24) is 10.1 Å². The molecule has 0 aliphatic rings. The molecule has 0 amide bonds. The number of nitro benzene ring substituents is 1. The van der Waals surface area contributed by atoms with Gasteiger partial charge in [0.1, 0.15) is 5.53 Å². The van der Waals surface area contributed by atoms with Crippen LogP contribution in [0.15, 0.2) is 21.9 Å². The Kier molecular flexibility index (Phi) is 2.04. The van der Waals surface area contributed by atoms with E-state index < -0.39 is 10.6 Å². The SMILES string of the molecule is N=[N+]=Nc1cc2c(cc1[N+](=O)[O-])no[n+]2[O-]. The van der Waals surface area contributed by atoms with Gasteiger partial charge in [0, 0.05) is 11.2 Å². The smallest absolute Gasteiger partial charge is 0.307 e. The first kappa shape index (κ1) is 9.68. The molecule has 0 radical (unpaired) electrons. The second-order valence-electron chi connectivity index (χ2n) is 2.72. The number of fused-ring (bicyclic) bond motifs is 1. The minimum atomic E-state index is -0.715. The van der Waals surface area contributed by atoms with E-state index in [4.69, 9.17) is 5.53 Å². The van der Waals surface area contributed by atoms with E-state index in [9.17, 15) is 15.3 Å². The number of nitro groups is 1. The van der Waals surface area contributed by atoms with E-state index in [1.54, 1.807) is 0 Å². The zero-order valence-corrected chi connectivity index (χ0v) is 7.52. The van der Waals surface area contributed by atoms with Crippen molar-refractivity contribution in [2.75, 3.05) is 0 Å². The van der Waals surface area contributed by atoms with Gasteiger partial charge in [-0.25, -0.2) is 0 Å². The molecule has 0 saturated carbocycles. The first-order valence-electron chi connectivity index (χ1n) is 3.89. The molecule has 2 aromatic rings. The van der Waals surface area contributed by atoms with Crippen molar-refractivity contribution >= 4 is 22.4 Å². The fourth-order valence-corrected chi connectivity index (χ4v) is 1.18. The van der Waals surface area contributed by atoms with Gasteiger partial charge < -0.3 is 5.21 Å². The summed E-state index contributed by atoms with van der Waals surface area (Å²) in [4.78, 5) is 12.7. The largest absolute Gasteiger partial charge is 0.359 e. The van der Waals surface area contributed by atoms with E-state index in [1.807, 2.05) is 0 Å². The fraction of sp³-hybridized carbons (Fsp3) is 0. The van der Waals surface area contributed by atoms with Crippen LogP contribution >= 0.6 is 0 Å². The summed E-state index contributed by atoms with van der Waals surface area (Å²) in [6.45, 7) is 0. The Morgan fingerprint density at radius 1 is 1.62 bits per heavy atom. The molecule has 0 atom stereocenters. The summed E-state index contributed by atoms with van der Waals surface area (Å²) in [7, 11) is 0. The molecule has 0 aliphatic heterocycles. The lowest BCUT2D eigenvalue weighted by atomic mass is 10.2. The van der Waals surface area contributed by atoms with Crippen LogP contribution in [0.1, 0.15) is 0 Å². The number of nitrogens with one attached hydrogen (secondary N) is 1. The Bertz CT molecular complexity index is 627. The van der Waals surface area contributed by atoms with Crippen molar-refractivity contribution in [3.8, 4) is 0 Å². The van der Waals surface area contributed by atoms with Crippen LogP contribution < -0.4 is 9.81 Å². The molecule has 1 heterocycles. The quantitative estimate of drug-likeness (QED) is 0.259. The molecule has 0 bridgehead atoms. The molecule has 1 aromatic carbocycles. The molecule has 0 saturated heterocycles. The predicted octanol–water partition coefficient (Wildman–Crippen LogP) is 0.551. The molecule has 0 aliphatic carbocycles. The molecule has 0 fully saturated rings. The topological polar surface area (TPSA) is 146 Å². The lowest BCUT2D eigenvalue weighted by molar-refractivity contribution is -0.782. The van der Waals surface area contributed by atoms with Crippen molar-refractivity contribution < 1.29 is 14.5 Å². The van der Waals surface area contributed by atoms with Gasteiger partial charge in [-0.3, -0.25) is 14.7 Å². The van der Waals surface area contributed by atoms with Gasteiger partial charge in [0.05, 0.1) is 11.0 Å². The van der Waals surface area contributed by atoms with E-state index in [0.29, 0.717) is 0 Å². The molecular weight excluding hydrogens is 220 g/mol. The molecule has 1 N–H and O–H groups in total. The second-order valence-corrected chi connectivity index (χ2v) is 2.72. The molecule has 80 valence electrons. The highest BCUT2D eigenvalue weighted by Gasteiger charge is 2.24. The molecule has 0 unspecified atom stereocenters. The Morgan fingerprint density at radius 3 is 3.00 bits per heavy atom. The zero-order chi connectivity index (χ0) is 11.7. The van der Waals surface area contributed by atoms with Gasteiger partial charge in [-0.05, 0) is 4.90 Å². The number of benzene rings is 1. The maximum absolute atomic E-state index is 11.0. The first-order chi connectivity index (χ1) is 7.63. The minimum absolute atomic E-state index is 0.0204. The van der Waals surface area contributed by atoms with Crippen LogP contribution in [0, 0.1) is 20.9 Å². The fourth-order valence-electron chi connectivity index (χ4n) is 1.18. The van der Waals surface area contributed by atoms with Gasteiger partial charge in [-0.1, -0.05) is 0 Å². The van der Waals surface area contributed by atoms with Crippen LogP contribution in [-0.4, -0.2) is 10.1 Å². The van der Waals surface area contributed by atoms with Crippen LogP contribution in [0.3, 0.4) is 0 Å². The third-order valence-electron chi connectivity index (χ3n) is 1.84. The number of aromatic nitrogens is 2. The second kappa shape index (κ2) is 3.37. The van der Waals surface area contributed by atoms with Crippen LogP contribution in [0.2, 0.25) is 0 Å². The third kappa shape index (κ3) is 1.35. The highest BCUT2D eigenvalue weighted by Crippen LogP contribution is 2.29. The van der Waals surface area contributed by atoms with E-state index in [-0.39, 0.29) is 21.6 Å². The monoisotopic (exact) mass is 223 g/mol.